The van der Waals surface area contributed by atoms with Crippen LogP contribution in [0.4, 0.5) is 0 Å². The summed E-state index contributed by atoms with van der Waals surface area (Å²) in [5, 5.41) is 0. The topological polar surface area (TPSA) is 59.2 Å². The lowest BCUT2D eigenvalue weighted by Crippen LogP contribution is -2.41. The van der Waals surface area contributed by atoms with Gasteiger partial charge in [-0.2, -0.15) is 0 Å². The molecule has 0 bridgehead atoms. The second-order valence-electron chi connectivity index (χ2n) is 4.91. The predicted octanol–water partition coefficient (Wildman–Crippen LogP) is 1.56. The lowest BCUT2D eigenvalue weighted by molar-refractivity contribution is -0.136. The van der Waals surface area contributed by atoms with Crippen molar-refractivity contribution in [2.75, 3.05) is 6.54 Å². The van der Waals surface area contributed by atoms with Crippen LogP contribution in [0.15, 0.2) is 24.5 Å². The molecule has 0 saturated heterocycles. The Hall–Kier alpha value is -1.42. The minimum atomic E-state index is 0.0202. The van der Waals surface area contributed by atoms with E-state index in [9.17, 15) is 4.79 Å². The van der Waals surface area contributed by atoms with Crippen LogP contribution in [0.2, 0.25) is 0 Å². The van der Waals surface area contributed by atoms with Crippen LogP contribution >= 0.6 is 0 Å². The Morgan fingerprint density at radius 2 is 2.17 bits per heavy atom. The number of carbonyl (C=O) groups excluding carboxylic acids is 1. The monoisotopic (exact) mass is 247 g/mol. The largest absolute Gasteiger partial charge is 0.338 e. The average molecular weight is 247 g/mol. The normalized spacial score (nSPS) is 23.0. The van der Waals surface area contributed by atoms with Gasteiger partial charge in [0.25, 0.3) is 0 Å². The van der Waals surface area contributed by atoms with Crippen LogP contribution in [0, 0.1) is 5.92 Å². The van der Waals surface area contributed by atoms with Gasteiger partial charge in [0.1, 0.15) is 0 Å². The van der Waals surface area contributed by atoms with E-state index < -0.39 is 0 Å². The quantitative estimate of drug-likeness (QED) is 0.878. The summed E-state index contributed by atoms with van der Waals surface area (Å²) in [6.45, 7) is 3.39. The Kier molecular flexibility index (Phi) is 4.31. The summed E-state index contributed by atoms with van der Waals surface area (Å²) in [5.41, 5.74) is 7.13. The molecule has 1 aliphatic rings. The number of nitrogens with zero attached hydrogens (tertiary/aromatic N) is 2. The molecule has 0 radical (unpaired) electrons. The Bertz CT molecular complexity index is 393. The summed E-state index contributed by atoms with van der Waals surface area (Å²) in [6, 6.07) is 3.94. The molecule has 18 heavy (non-hydrogen) atoms. The van der Waals surface area contributed by atoms with E-state index in [1.54, 1.807) is 12.4 Å². The van der Waals surface area contributed by atoms with Crippen LogP contribution in [0.3, 0.4) is 0 Å². The molecule has 2 N–H and O–H groups in total. The summed E-state index contributed by atoms with van der Waals surface area (Å²) in [5.74, 6) is 0.228. The highest BCUT2D eigenvalue weighted by Crippen LogP contribution is 2.26. The molecule has 1 heterocycles. The Morgan fingerprint density at radius 3 is 2.72 bits per heavy atom. The van der Waals surface area contributed by atoms with Gasteiger partial charge in [0.05, 0.1) is 5.92 Å². The van der Waals surface area contributed by atoms with E-state index >= 15 is 0 Å². The molecule has 0 aromatic carbocycles. The highest BCUT2D eigenvalue weighted by Gasteiger charge is 2.32. The third-order valence-electron chi connectivity index (χ3n) is 3.70. The fourth-order valence-corrected chi connectivity index (χ4v) is 2.58. The van der Waals surface area contributed by atoms with Crippen molar-refractivity contribution in [3.8, 4) is 0 Å². The van der Waals surface area contributed by atoms with Crippen molar-refractivity contribution in [3.63, 3.8) is 0 Å². The van der Waals surface area contributed by atoms with Crippen molar-refractivity contribution < 1.29 is 4.79 Å². The molecule has 2 unspecified atom stereocenters. The second-order valence-corrected chi connectivity index (χ2v) is 4.91. The first-order valence-electron chi connectivity index (χ1n) is 6.65. The first-order chi connectivity index (χ1) is 8.72. The first kappa shape index (κ1) is 13.0. The van der Waals surface area contributed by atoms with E-state index in [0.717, 1.165) is 31.4 Å². The minimum Gasteiger partial charge on any atom is -0.338 e. The molecule has 1 aromatic rings. The van der Waals surface area contributed by atoms with Crippen LogP contribution < -0.4 is 5.73 Å². The SMILES string of the molecule is CCN(Cc1ccncc1)C(=O)C1CCCC1N. The van der Waals surface area contributed by atoms with Gasteiger partial charge in [0.15, 0.2) is 0 Å². The van der Waals surface area contributed by atoms with Gasteiger partial charge in [0, 0.05) is 31.5 Å². The number of carbonyl (C=O) groups is 1. The predicted molar refractivity (Wildman–Crippen MR) is 70.6 cm³/mol. The standard InChI is InChI=1S/C14H21N3O/c1-2-17(10-11-6-8-16-9-7-11)14(18)12-4-3-5-13(12)15/h6-9,12-13H,2-5,10,15H2,1H3. The van der Waals surface area contributed by atoms with Crippen LogP contribution in [-0.2, 0) is 11.3 Å². The van der Waals surface area contributed by atoms with E-state index in [-0.39, 0.29) is 17.9 Å². The van der Waals surface area contributed by atoms with Gasteiger partial charge < -0.3 is 10.6 Å². The molecule has 2 rings (SSSR count). The van der Waals surface area contributed by atoms with Crippen LogP contribution in [0.25, 0.3) is 0 Å². The van der Waals surface area contributed by atoms with Gasteiger partial charge in [-0.3, -0.25) is 9.78 Å². The van der Waals surface area contributed by atoms with Crippen molar-refractivity contribution in [2.24, 2.45) is 11.7 Å². The van der Waals surface area contributed by atoms with E-state index in [4.69, 9.17) is 5.73 Å². The molecule has 1 fully saturated rings. The molecule has 4 heteroatoms. The molecule has 0 aliphatic heterocycles. The zero-order chi connectivity index (χ0) is 13.0. The maximum Gasteiger partial charge on any atom is 0.227 e. The van der Waals surface area contributed by atoms with Crippen molar-refractivity contribution in [1.82, 2.24) is 9.88 Å². The summed E-state index contributed by atoms with van der Waals surface area (Å²) < 4.78 is 0. The fraction of sp³-hybridized carbons (Fsp3) is 0.571. The molecule has 1 aliphatic carbocycles. The van der Waals surface area contributed by atoms with Gasteiger partial charge in [-0.25, -0.2) is 0 Å². The number of amides is 1. The second kappa shape index (κ2) is 5.96. The molecule has 1 saturated carbocycles. The van der Waals surface area contributed by atoms with Gasteiger partial charge >= 0.3 is 0 Å². The zero-order valence-corrected chi connectivity index (χ0v) is 10.9. The van der Waals surface area contributed by atoms with Crippen LogP contribution in [0.1, 0.15) is 31.7 Å². The maximum absolute atomic E-state index is 12.4. The highest BCUT2D eigenvalue weighted by atomic mass is 16.2. The number of hydrogen-bond acceptors (Lipinski definition) is 3. The van der Waals surface area contributed by atoms with Crippen molar-refractivity contribution in [3.05, 3.63) is 30.1 Å². The lowest BCUT2D eigenvalue weighted by Gasteiger charge is -2.26. The number of nitrogens with two attached hydrogens (primary N) is 1. The molecule has 0 spiro atoms. The van der Waals surface area contributed by atoms with Gasteiger partial charge in [-0.15, -0.1) is 0 Å². The summed E-state index contributed by atoms with van der Waals surface area (Å²) in [7, 11) is 0. The number of aromatic nitrogens is 1. The third-order valence-corrected chi connectivity index (χ3v) is 3.70. The van der Waals surface area contributed by atoms with Crippen molar-refractivity contribution >= 4 is 5.91 Å². The van der Waals surface area contributed by atoms with E-state index in [0.29, 0.717) is 6.54 Å². The van der Waals surface area contributed by atoms with Gasteiger partial charge in [-0.1, -0.05) is 6.42 Å². The van der Waals surface area contributed by atoms with Crippen LogP contribution in [0.5, 0.6) is 0 Å². The van der Waals surface area contributed by atoms with E-state index in [2.05, 4.69) is 4.98 Å². The Morgan fingerprint density at radius 1 is 1.44 bits per heavy atom. The first-order valence-corrected chi connectivity index (χ1v) is 6.65. The summed E-state index contributed by atoms with van der Waals surface area (Å²) >= 11 is 0. The zero-order valence-electron chi connectivity index (χ0n) is 10.9. The molecule has 4 nitrogen and oxygen atoms in total. The van der Waals surface area contributed by atoms with Crippen molar-refractivity contribution in [2.45, 2.75) is 38.8 Å². The molecule has 98 valence electrons. The lowest BCUT2D eigenvalue weighted by atomic mass is 10.0. The fourth-order valence-electron chi connectivity index (χ4n) is 2.58. The summed E-state index contributed by atoms with van der Waals surface area (Å²) in [4.78, 5) is 18.3. The molecule has 1 amide bonds. The molecule has 2 atom stereocenters. The highest BCUT2D eigenvalue weighted by molar-refractivity contribution is 5.79. The smallest absolute Gasteiger partial charge is 0.227 e. The number of rotatable bonds is 4. The Balaban J connectivity index is 2.02. The average Bonchev–Trinajstić information content (AvgIpc) is 2.82. The summed E-state index contributed by atoms with van der Waals surface area (Å²) in [6.07, 6.45) is 6.50. The molecular weight excluding hydrogens is 226 g/mol. The van der Waals surface area contributed by atoms with E-state index in [1.807, 2.05) is 24.0 Å². The molecular formula is C14H21N3O. The molecule has 1 aromatic heterocycles. The maximum atomic E-state index is 12.4. The van der Waals surface area contributed by atoms with E-state index in [1.165, 1.54) is 0 Å². The minimum absolute atomic E-state index is 0.0202. The van der Waals surface area contributed by atoms with Crippen molar-refractivity contribution in [1.29, 1.82) is 0 Å². The van der Waals surface area contributed by atoms with Gasteiger partial charge in [0.2, 0.25) is 5.91 Å². The Labute approximate surface area is 108 Å². The number of pyridine rings is 1. The number of hydrogen-bond donors (Lipinski definition) is 1. The van der Waals surface area contributed by atoms with Gasteiger partial charge in [-0.05, 0) is 37.5 Å². The van der Waals surface area contributed by atoms with Crippen LogP contribution in [-0.4, -0.2) is 28.4 Å². The third kappa shape index (κ3) is 2.88.